The van der Waals surface area contributed by atoms with E-state index < -0.39 is 17.2 Å². The maximum atomic E-state index is 13.9. The summed E-state index contributed by atoms with van der Waals surface area (Å²) in [5.41, 5.74) is 5.26. The van der Waals surface area contributed by atoms with Crippen molar-refractivity contribution in [3.63, 3.8) is 0 Å². The summed E-state index contributed by atoms with van der Waals surface area (Å²) < 4.78 is 27.2. The molecule has 0 bridgehead atoms. The van der Waals surface area contributed by atoms with Crippen molar-refractivity contribution in [1.82, 2.24) is 4.90 Å². The lowest BCUT2D eigenvalue weighted by atomic mass is 9.90. The zero-order valence-electron chi connectivity index (χ0n) is 10.2. The molecule has 0 aliphatic carbocycles. The molecule has 0 spiro atoms. The first-order valence-electron chi connectivity index (χ1n) is 5.63. The minimum absolute atomic E-state index is 0.258. The molecule has 2 rings (SSSR count). The normalized spacial score (nSPS) is 23.1. The fraction of sp³-hybridized carbons (Fsp3) is 0.308. The molecule has 1 aliphatic rings. The molecular formula is C13H15F2N3. The monoisotopic (exact) mass is 251 g/mol. The van der Waals surface area contributed by atoms with Gasteiger partial charge in [-0.3, -0.25) is 4.99 Å². The fourth-order valence-corrected chi connectivity index (χ4v) is 2.22. The highest BCUT2D eigenvalue weighted by atomic mass is 19.1. The first kappa shape index (κ1) is 12.5. The van der Waals surface area contributed by atoms with Gasteiger partial charge in [-0.2, -0.15) is 0 Å². The van der Waals surface area contributed by atoms with Crippen molar-refractivity contribution in [3.8, 4) is 0 Å². The van der Waals surface area contributed by atoms with Gasteiger partial charge in [-0.05, 0) is 25.1 Å². The average Bonchev–Trinajstić information content (AvgIpc) is 2.62. The van der Waals surface area contributed by atoms with E-state index in [1.54, 1.807) is 17.9 Å². The van der Waals surface area contributed by atoms with Crippen LogP contribution in [0.4, 0.5) is 8.78 Å². The summed E-state index contributed by atoms with van der Waals surface area (Å²) in [6.45, 7) is 6.16. The number of benzene rings is 1. The maximum absolute atomic E-state index is 13.9. The molecular weight excluding hydrogens is 236 g/mol. The predicted molar refractivity (Wildman–Crippen MR) is 67.1 cm³/mol. The van der Waals surface area contributed by atoms with Crippen LogP contribution in [0, 0.1) is 11.6 Å². The van der Waals surface area contributed by atoms with Crippen molar-refractivity contribution in [2.24, 2.45) is 10.7 Å². The first-order valence-corrected chi connectivity index (χ1v) is 5.63. The molecule has 0 saturated carbocycles. The topological polar surface area (TPSA) is 41.6 Å². The number of nitrogens with zero attached hydrogens (tertiary/aromatic N) is 2. The van der Waals surface area contributed by atoms with Crippen molar-refractivity contribution < 1.29 is 8.78 Å². The predicted octanol–water partition coefficient (Wildman–Crippen LogP) is 2.00. The summed E-state index contributed by atoms with van der Waals surface area (Å²) in [6, 6.07) is 3.41. The van der Waals surface area contributed by atoms with E-state index in [4.69, 9.17) is 5.73 Å². The van der Waals surface area contributed by atoms with Crippen molar-refractivity contribution in [2.45, 2.75) is 12.5 Å². The molecule has 1 atom stereocenters. The Morgan fingerprint density at radius 3 is 2.94 bits per heavy atom. The van der Waals surface area contributed by atoms with Gasteiger partial charge in [0.15, 0.2) is 5.96 Å². The Bertz CT molecular complexity index is 513. The number of hydrogen-bond acceptors (Lipinski definition) is 3. The highest BCUT2D eigenvalue weighted by molar-refractivity contribution is 5.81. The van der Waals surface area contributed by atoms with E-state index in [1.807, 2.05) is 0 Å². The van der Waals surface area contributed by atoms with Crippen molar-refractivity contribution in [3.05, 3.63) is 48.1 Å². The number of guanidine groups is 1. The first-order chi connectivity index (χ1) is 8.49. The quantitative estimate of drug-likeness (QED) is 0.835. The van der Waals surface area contributed by atoms with E-state index in [9.17, 15) is 8.78 Å². The number of nitrogens with two attached hydrogens (primary N) is 1. The second-order valence-electron chi connectivity index (χ2n) is 4.47. The lowest BCUT2D eigenvalue weighted by Crippen LogP contribution is -2.47. The zero-order valence-corrected chi connectivity index (χ0v) is 10.2. The molecule has 0 saturated heterocycles. The number of hydrogen-bond donors (Lipinski definition) is 1. The molecule has 3 nitrogen and oxygen atoms in total. The number of aliphatic imine (C=N–C) groups is 1. The van der Waals surface area contributed by atoms with Gasteiger partial charge in [0.25, 0.3) is 0 Å². The van der Waals surface area contributed by atoms with Gasteiger partial charge in [-0.1, -0.05) is 6.08 Å². The molecule has 96 valence electrons. The number of halogens is 2. The molecule has 0 amide bonds. The highest BCUT2D eigenvalue weighted by Gasteiger charge is 2.40. The SMILES string of the molecule is C=CCN1C(N)=NCC1(C)c1cc(F)ccc1F. The van der Waals surface area contributed by atoms with Crippen LogP contribution >= 0.6 is 0 Å². The standard InChI is InChI=1S/C13H15F2N3/c1-3-6-18-12(16)17-8-13(18,2)10-7-9(14)4-5-11(10)15/h3-5,7H,1,6,8H2,2H3,(H2,16,17). The van der Waals surface area contributed by atoms with Crippen molar-refractivity contribution in [1.29, 1.82) is 0 Å². The second-order valence-corrected chi connectivity index (χ2v) is 4.47. The Labute approximate surface area is 105 Å². The van der Waals surface area contributed by atoms with E-state index >= 15 is 0 Å². The van der Waals surface area contributed by atoms with Gasteiger partial charge in [-0.25, -0.2) is 8.78 Å². The average molecular weight is 251 g/mol. The third-order valence-electron chi connectivity index (χ3n) is 3.24. The molecule has 18 heavy (non-hydrogen) atoms. The van der Waals surface area contributed by atoms with Crippen LogP contribution in [0.2, 0.25) is 0 Å². The molecule has 1 heterocycles. The highest BCUT2D eigenvalue weighted by Crippen LogP contribution is 2.34. The lowest BCUT2D eigenvalue weighted by molar-refractivity contribution is 0.236. The van der Waals surface area contributed by atoms with Crippen LogP contribution < -0.4 is 5.73 Å². The summed E-state index contributed by atoms with van der Waals surface area (Å²) in [5.74, 6) is -0.615. The Balaban J connectivity index is 2.48. The van der Waals surface area contributed by atoms with E-state index in [-0.39, 0.29) is 5.56 Å². The molecule has 5 heteroatoms. The van der Waals surface area contributed by atoms with Crippen LogP contribution in [-0.4, -0.2) is 23.9 Å². The fourth-order valence-electron chi connectivity index (χ4n) is 2.22. The Kier molecular flexibility index (Phi) is 3.07. The Morgan fingerprint density at radius 1 is 1.56 bits per heavy atom. The van der Waals surface area contributed by atoms with Crippen LogP contribution in [0.1, 0.15) is 12.5 Å². The summed E-state index contributed by atoms with van der Waals surface area (Å²) >= 11 is 0. The van der Waals surface area contributed by atoms with Gasteiger partial charge >= 0.3 is 0 Å². The Hall–Kier alpha value is -1.91. The van der Waals surface area contributed by atoms with E-state index in [0.717, 1.165) is 12.1 Å². The van der Waals surface area contributed by atoms with Gasteiger partial charge in [0, 0.05) is 12.1 Å². The molecule has 0 aromatic heterocycles. The second kappa shape index (κ2) is 4.40. The smallest absolute Gasteiger partial charge is 0.192 e. The third kappa shape index (κ3) is 1.85. The largest absolute Gasteiger partial charge is 0.370 e. The molecule has 1 aliphatic heterocycles. The molecule has 2 N–H and O–H groups in total. The van der Waals surface area contributed by atoms with E-state index in [0.29, 0.717) is 19.0 Å². The van der Waals surface area contributed by atoms with E-state index in [1.165, 1.54) is 6.07 Å². The minimum atomic E-state index is -0.773. The summed E-state index contributed by atoms with van der Waals surface area (Å²) in [4.78, 5) is 5.84. The van der Waals surface area contributed by atoms with Gasteiger partial charge in [0.1, 0.15) is 11.6 Å². The van der Waals surface area contributed by atoms with Gasteiger partial charge in [0.2, 0.25) is 0 Å². The lowest BCUT2D eigenvalue weighted by Gasteiger charge is -2.36. The van der Waals surface area contributed by atoms with Gasteiger partial charge in [0.05, 0.1) is 12.1 Å². The van der Waals surface area contributed by atoms with Crippen LogP contribution in [0.5, 0.6) is 0 Å². The summed E-state index contributed by atoms with van der Waals surface area (Å²) in [6.07, 6.45) is 1.66. The van der Waals surface area contributed by atoms with Crippen LogP contribution in [0.3, 0.4) is 0 Å². The Morgan fingerprint density at radius 2 is 2.28 bits per heavy atom. The van der Waals surface area contributed by atoms with Crippen molar-refractivity contribution >= 4 is 5.96 Å². The van der Waals surface area contributed by atoms with Crippen LogP contribution in [0.15, 0.2) is 35.8 Å². The number of rotatable bonds is 3. The maximum Gasteiger partial charge on any atom is 0.192 e. The molecule has 1 aromatic rings. The van der Waals surface area contributed by atoms with Crippen LogP contribution in [0.25, 0.3) is 0 Å². The molecule has 0 radical (unpaired) electrons. The van der Waals surface area contributed by atoms with Crippen LogP contribution in [-0.2, 0) is 5.54 Å². The zero-order chi connectivity index (χ0) is 13.3. The van der Waals surface area contributed by atoms with E-state index in [2.05, 4.69) is 11.6 Å². The molecule has 1 aromatic carbocycles. The summed E-state index contributed by atoms with van der Waals surface area (Å²) in [7, 11) is 0. The summed E-state index contributed by atoms with van der Waals surface area (Å²) in [5, 5.41) is 0. The van der Waals surface area contributed by atoms with Gasteiger partial charge < -0.3 is 10.6 Å². The molecule has 1 unspecified atom stereocenters. The molecule has 0 fully saturated rings. The minimum Gasteiger partial charge on any atom is -0.370 e. The van der Waals surface area contributed by atoms with Crippen molar-refractivity contribution in [2.75, 3.05) is 13.1 Å². The third-order valence-corrected chi connectivity index (χ3v) is 3.24. The van der Waals surface area contributed by atoms with Gasteiger partial charge in [-0.15, -0.1) is 6.58 Å².